The van der Waals surface area contributed by atoms with Crippen molar-refractivity contribution in [1.82, 2.24) is 25.6 Å². The third-order valence-electron chi connectivity index (χ3n) is 4.45. The maximum atomic E-state index is 12.4. The molecule has 0 saturated heterocycles. The minimum atomic E-state index is -0.251. The lowest BCUT2D eigenvalue weighted by Gasteiger charge is -2.04. The highest BCUT2D eigenvalue weighted by molar-refractivity contribution is 7.14. The maximum Gasteiger partial charge on any atom is 0.271 e. The number of nitrogens with one attached hydrogen (secondary N) is 1. The van der Waals surface area contributed by atoms with Gasteiger partial charge in [0.1, 0.15) is 0 Å². The lowest BCUT2D eigenvalue weighted by Crippen LogP contribution is -2.19. The smallest absolute Gasteiger partial charge is 0.267 e. The van der Waals surface area contributed by atoms with E-state index in [0.717, 1.165) is 21.7 Å². The molecule has 0 fully saturated rings. The van der Waals surface area contributed by atoms with Gasteiger partial charge in [-0.15, -0.1) is 21.5 Å². The number of aryl methyl sites for hydroxylation is 1. The largest absolute Gasteiger partial charge is 0.271 e. The van der Waals surface area contributed by atoms with Crippen LogP contribution in [0.5, 0.6) is 0 Å². The summed E-state index contributed by atoms with van der Waals surface area (Å²) in [5, 5.41) is 16.8. The highest BCUT2D eigenvalue weighted by Crippen LogP contribution is 2.16. The number of thiophene rings is 1. The fraction of sp³-hybridized carbons (Fsp3) is 0.136. The number of tetrazole rings is 1. The zero-order valence-electron chi connectivity index (χ0n) is 16.6. The second kappa shape index (κ2) is 8.79. The van der Waals surface area contributed by atoms with Crippen LogP contribution < -0.4 is 5.43 Å². The van der Waals surface area contributed by atoms with Crippen LogP contribution in [0.3, 0.4) is 0 Å². The second-order valence-electron chi connectivity index (χ2n) is 6.75. The summed E-state index contributed by atoms with van der Waals surface area (Å²) < 4.78 is 0. The Bertz CT molecular complexity index is 1180. The average Bonchev–Trinajstić information content (AvgIpc) is 3.42. The molecule has 30 heavy (non-hydrogen) atoms. The van der Waals surface area contributed by atoms with E-state index in [1.54, 1.807) is 23.5 Å². The van der Waals surface area contributed by atoms with Gasteiger partial charge in [-0.2, -0.15) is 9.90 Å². The standard InChI is InChI=1S/C22H20N6OS/c1-15-8-13-20(30-15)16(2)23-25-22(29)19-11-9-17(10-12-19)14-28-26-21(24-27-28)18-6-4-3-5-7-18/h3-13H,14H2,1-2H3,(H,25,29)/b23-16-. The van der Waals surface area contributed by atoms with Crippen LogP contribution in [0.15, 0.2) is 71.8 Å². The zero-order valence-corrected chi connectivity index (χ0v) is 17.4. The first-order valence-electron chi connectivity index (χ1n) is 9.42. The Morgan fingerprint density at radius 2 is 1.83 bits per heavy atom. The van der Waals surface area contributed by atoms with E-state index in [4.69, 9.17) is 0 Å². The van der Waals surface area contributed by atoms with Gasteiger partial charge in [0, 0.05) is 16.0 Å². The monoisotopic (exact) mass is 416 g/mol. The van der Waals surface area contributed by atoms with E-state index >= 15 is 0 Å². The third-order valence-corrected chi connectivity index (χ3v) is 5.56. The molecule has 150 valence electrons. The van der Waals surface area contributed by atoms with E-state index in [1.807, 2.05) is 68.4 Å². The van der Waals surface area contributed by atoms with Gasteiger partial charge in [0.25, 0.3) is 5.91 Å². The number of hydrogen-bond acceptors (Lipinski definition) is 6. The van der Waals surface area contributed by atoms with Crippen LogP contribution in [0.4, 0.5) is 0 Å². The Morgan fingerprint density at radius 1 is 1.07 bits per heavy atom. The Labute approximate surface area is 178 Å². The highest BCUT2D eigenvalue weighted by atomic mass is 32.1. The summed E-state index contributed by atoms with van der Waals surface area (Å²) in [5.41, 5.74) is 5.82. The molecule has 0 bridgehead atoms. The van der Waals surface area contributed by atoms with Gasteiger partial charge < -0.3 is 0 Å². The molecule has 7 nitrogen and oxygen atoms in total. The van der Waals surface area contributed by atoms with Crippen molar-refractivity contribution in [2.75, 3.05) is 0 Å². The van der Waals surface area contributed by atoms with Gasteiger partial charge in [-0.05, 0) is 48.9 Å². The summed E-state index contributed by atoms with van der Waals surface area (Å²) in [6.45, 7) is 4.39. The molecule has 4 aromatic rings. The fourth-order valence-electron chi connectivity index (χ4n) is 2.82. The highest BCUT2D eigenvalue weighted by Gasteiger charge is 2.08. The summed E-state index contributed by atoms with van der Waals surface area (Å²) in [6, 6.07) is 21.0. The van der Waals surface area contributed by atoms with Crippen molar-refractivity contribution in [3.05, 3.63) is 87.6 Å². The number of rotatable bonds is 6. The predicted octanol–water partition coefficient (Wildman–Crippen LogP) is 3.91. The molecule has 2 aromatic heterocycles. The molecule has 4 rings (SSSR count). The van der Waals surface area contributed by atoms with Crippen molar-refractivity contribution in [2.24, 2.45) is 5.10 Å². The van der Waals surface area contributed by atoms with E-state index in [1.165, 1.54) is 9.67 Å². The maximum absolute atomic E-state index is 12.4. The van der Waals surface area contributed by atoms with Crippen LogP contribution in [-0.4, -0.2) is 31.8 Å². The van der Waals surface area contributed by atoms with Gasteiger partial charge in [-0.25, -0.2) is 5.43 Å². The molecule has 0 saturated carbocycles. The molecule has 0 atom stereocenters. The number of benzene rings is 2. The summed E-state index contributed by atoms with van der Waals surface area (Å²) in [7, 11) is 0. The first-order chi connectivity index (χ1) is 14.6. The summed E-state index contributed by atoms with van der Waals surface area (Å²) in [6.07, 6.45) is 0. The summed E-state index contributed by atoms with van der Waals surface area (Å²) in [4.78, 5) is 16.1. The van der Waals surface area contributed by atoms with Crippen LogP contribution in [0.25, 0.3) is 11.4 Å². The molecule has 2 aromatic carbocycles. The molecule has 0 aliphatic carbocycles. The lowest BCUT2D eigenvalue weighted by molar-refractivity contribution is 0.0955. The van der Waals surface area contributed by atoms with Crippen LogP contribution in [0.1, 0.15) is 32.6 Å². The first kappa shape index (κ1) is 19.7. The number of carbonyl (C=O) groups is 1. The minimum absolute atomic E-state index is 0.251. The van der Waals surface area contributed by atoms with Gasteiger partial charge in [0.2, 0.25) is 5.82 Å². The number of hydrazone groups is 1. The second-order valence-corrected chi connectivity index (χ2v) is 8.04. The molecular formula is C22H20N6OS. The topological polar surface area (TPSA) is 85.1 Å². The number of carbonyl (C=O) groups excluding carboxylic acids is 1. The number of hydrogen-bond donors (Lipinski definition) is 1. The van der Waals surface area contributed by atoms with Crippen LogP contribution in [0, 0.1) is 6.92 Å². The van der Waals surface area contributed by atoms with Crippen molar-refractivity contribution in [3.63, 3.8) is 0 Å². The van der Waals surface area contributed by atoms with Gasteiger partial charge in [0.05, 0.1) is 17.1 Å². The Kier molecular flexibility index (Phi) is 5.76. The molecule has 0 radical (unpaired) electrons. The quantitative estimate of drug-likeness (QED) is 0.381. The minimum Gasteiger partial charge on any atom is -0.267 e. The molecule has 0 aliphatic heterocycles. The Morgan fingerprint density at radius 3 is 2.53 bits per heavy atom. The summed E-state index contributed by atoms with van der Waals surface area (Å²) in [5.74, 6) is 0.334. The molecule has 2 heterocycles. The van der Waals surface area contributed by atoms with E-state index in [2.05, 4.69) is 25.9 Å². The molecular weight excluding hydrogens is 396 g/mol. The van der Waals surface area contributed by atoms with Crippen molar-refractivity contribution in [3.8, 4) is 11.4 Å². The zero-order chi connectivity index (χ0) is 20.9. The SMILES string of the molecule is C/C(=N/NC(=O)c1ccc(Cn2nnc(-c3ccccc3)n2)cc1)c1ccc(C)s1. The lowest BCUT2D eigenvalue weighted by atomic mass is 10.1. The molecule has 0 spiro atoms. The Balaban J connectivity index is 1.38. The van der Waals surface area contributed by atoms with Crippen LogP contribution >= 0.6 is 11.3 Å². The van der Waals surface area contributed by atoms with E-state index in [0.29, 0.717) is 17.9 Å². The number of nitrogens with zero attached hydrogens (tertiary/aromatic N) is 5. The van der Waals surface area contributed by atoms with E-state index < -0.39 is 0 Å². The van der Waals surface area contributed by atoms with Gasteiger partial charge in [0.15, 0.2) is 0 Å². The fourth-order valence-corrected chi connectivity index (χ4v) is 3.63. The number of amides is 1. The van der Waals surface area contributed by atoms with Crippen molar-refractivity contribution in [1.29, 1.82) is 0 Å². The van der Waals surface area contributed by atoms with E-state index in [9.17, 15) is 4.79 Å². The molecule has 1 amide bonds. The van der Waals surface area contributed by atoms with Crippen molar-refractivity contribution >= 4 is 23.0 Å². The molecule has 0 unspecified atom stereocenters. The van der Waals surface area contributed by atoms with Gasteiger partial charge >= 0.3 is 0 Å². The van der Waals surface area contributed by atoms with Crippen LogP contribution in [0.2, 0.25) is 0 Å². The summed E-state index contributed by atoms with van der Waals surface area (Å²) >= 11 is 1.65. The Hall–Kier alpha value is -3.65. The average molecular weight is 417 g/mol. The van der Waals surface area contributed by atoms with Crippen LogP contribution in [-0.2, 0) is 6.54 Å². The third kappa shape index (κ3) is 4.66. The van der Waals surface area contributed by atoms with E-state index in [-0.39, 0.29) is 5.91 Å². The normalized spacial score (nSPS) is 11.5. The molecule has 1 N–H and O–H groups in total. The van der Waals surface area contributed by atoms with Crippen molar-refractivity contribution in [2.45, 2.75) is 20.4 Å². The molecule has 8 heteroatoms. The van der Waals surface area contributed by atoms with Gasteiger partial charge in [-0.3, -0.25) is 4.79 Å². The first-order valence-corrected chi connectivity index (χ1v) is 10.2. The van der Waals surface area contributed by atoms with Crippen molar-refractivity contribution < 1.29 is 4.79 Å². The number of aromatic nitrogens is 4. The van der Waals surface area contributed by atoms with Gasteiger partial charge in [-0.1, -0.05) is 42.5 Å². The molecule has 0 aliphatic rings. The predicted molar refractivity (Wildman–Crippen MR) is 118 cm³/mol.